The first kappa shape index (κ1) is 24.0. The molecular weight excluding hydrogens is 390 g/mol. The minimum Gasteiger partial charge on any atom is -0.466 e. The average Bonchev–Trinajstić information content (AvgIpc) is 3.22. The summed E-state index contributed by atoms with van der Waals surface area (Å²) in [6.07, 6.45) is 3.79. The second kappa shape index (κ2) is 10.6. The summed E-state index contributed by atoms with van der Waals surface area (Å²) in [6, 6.07) is -2.09. The number of methoxy groups -OCH3 is 1. The number of aliphatic hydroxyl groups is 1. The molecule has 2 rings (SSSR count). The lowest BCUT2D eigenvalue weighted by atomic mass is 9.83. The molecule has 1 aromatic heterocycles. The number of amides is 1. The van der Waals surface area contributed by atoms with E-state index >= 15 is 0 Å². The van der Waals surface area contributed by atoms with Crippen LogP contribution in [0.3, 0.4) is 0 Å². The number of nitrogens with zero attached hydrogens (tertiary/aromatic N) is 3. The number of carbonyl (C=O) groups is 2. The number of nitrogens with one attached hydrogen (secondary N) is 1. The van der Waals surface area contributed by atoms with Gasteiger partial charge in [-0.3, -0.25) is 4.79 Å². The average molecular weight is 424 g/mol. The standard InChI is InChI=1S/C20H33N5O5/c1-6-12(7-2)30-16-9-13(20(28)29-5)19(17(21)18(16)22-11(4)26)25-10-14(23-24-25)15(27)8-3/h9-10,12,15-19,27H,6-8,21H2,1-5H3,(H,22,26)/t15?,16-,17-,18+,19+/m1/s1. The third-order valence-electron chi connectivity index (χ3n) is 5.39. The van der Waals surface area contributed by atoms with Crippen molar-refractivity contribution in [2.24, 2.45) is 5.73 Å². The van der Waals surface area contributed by atoms with E-state index in [1.807, 2.05) is 20.8 Å². The van der Waals surface area contributed by atoms with Crippen LogP contribution in [0.2, 0.25) is 0 Å². The van der Waals surface area contributed by atoms with Gasteiger partial charge in [0.05, 0.1) is 49.3 Å². The number of esters is 1. The molecule has 0 aliphatic heterocycles. The van der Waals surface area contributed by atoms with Crippen LogP contribution in [-0.4, -0.2) is 63.4 Å². The largest absolute Gasteiger partial charge is 0.466 e. The summed E-state index contributed by atoms with van der Waals surface area (Å²) >= 11 is 0. The van der Waals surface area contributed by atoms with E-state index in [-0.39, 0.29) is 17.6 Å². The van der Waals surface area contributed by atoms with Gasteiger partial charge >= 0.3 is 5.97 Å². The first-order chi connectivity index (χ1) is 14.3. The third kappa shape index (κ3) is 5.24. The van der Waals surface area contributed by atoms with E-state index in [4.69, 9.17) is 15.2 Å². The molecule has 1 aromatic rings. The van der Waals surface area contributed by atoms with Crippen molar-refractivity contribution in [2.45, 2.75) is 83.4 Å². The van der Waals surface area contributed by atoms with Crippen LogP contribution in [0.15, 0.2) is 17.8 Å². The minimum atomic E-state index is -0.777. The van der Waals surface area contributed by atoms with Crippen molar-refractivity contribution in [3.63, 3.8) is 0 Å². The van der Waals surface area contributed by atoms with Crippen LogP contribution in [-0.2, 0) is 19.1 Å². The molecular formula is C20H33N5O5. The van der Waals surface area contributed by atoms with Crippen molar-refractivity contribution in [3.05, 3.63) is 23.5 Å². The number of aromatic nitrogens is 3. The van der Waals surface area contributed by atoms with Crippen molar-refractivity contribution < 1.29 is 24.2 Å². The first-order valence-corrected chi connectivity index (χ1v) is 10.3. The van der Waals surface area contributed by atoms with Gasteiger partial charge < -0.3 is 25.6 Å². The maximum absolute atomic E-state index is 12.6. The van der Waals surface area contributed by atoms with Crippen LogP contribution < -0.4 is 11.1 Å². The maximum Gasteiger partial charge on any atom is 0.335 e. The van der Waals surface area contributed by atoms with E-state index in [0.717, 1.165) is 12.8 Å². The fourth-order valence-electron chi connectivity index (χ4n) is 3.66. The molecule has 168 valence electrons. The van der Waals surface area contributed by atoms with E-state index in [2.05, 4.69) is 15.6 Å². The molecule has 1 aliphatic rings. The molecule has 0 saturated heterocycles. The number of ether oxygens (including phenoxy) is 2. The Hall–Kier alpha value is -2.30. The number of hydrogen-bond donors (Lipinski definition) is 3. The summed E-state index contributed by atoms with van der Waals surface area (Å²) < 4.78 is 12.6. The lowest BCUT2D eigenvalue weighted by Gasteiger charge is -2.40. The number of hydrogen-bond acceptors (Lipinski definition) is 8. The monoisotopic (exact) mass is 423 g/mol. The van der Waals surface area contributed by atoms with Gasteiger partial charge in [-0.15, -0.1) is 5.10 Å². The maximum atomic E-state index is 12.6. The molecule has 1 heterocycles. The number of carbonyl (C=O) groups excluding carboxylic acids is 2. The van der Waals surface area contributed by atoms with Crippen molar-refractivity contribution >= 4 is 11.9 Å². The van der Waals surface area contributed by atoms with E-state index in [9.17, 15) is 14.7 Å². The molecule has 1 amide bonds. The molecule has 1 unspecified atom stereocenters. The molecule has 10 heteroatoms. The molecule has 0 radical (unpaired) electrons. The van der Waals surface area contributed by atoms with Gasteiger partial charge in [-0.05, 0) is 25.3 Å². The molecule has 30 heavy (non-hydrogen) atoms. The summed E-state index contributed by atoms with van der Waals surface area (Å²) in [7, 11) is 1.29. The summed E-state index contributed by atoms with van der Waals surface area (Å²) in [5.74, 6) is -0.828. The molecule has 1 aliphatic carbocycles. The molecule has 0 spiro atoms. The van der Waals surface area contributed by atoms with Crippen LogP contribution in [0, 0.1) is 0 Å². The first-order valence-electron chi connectivity index (χ1n) is 10.3. The quantitative estimate of drug-likeness (QED) is 0.495. The van der Waals surface area contributed by atoms with E-state index < -0.39 is 36.3 Å². The predicted molar refractivity (Wildman–Crippen MR) is 109 cm³/mol. The van der Waals surface area contributed by atoms with Gasteiger partial charge in [0.1, 0.15) is 11.7 Å². The highest BCUT2D eigenvalue weighted by molar-refractivity contribution is 5.90. The highest BCUT2D eigenvalue weighted by Gasteiger charge is 2.44. The number of nitrogens with two attached hydrogens (primary N) is 1. The molecule has 0 saturated carbocycles. The molecule has 4 N–H and O–H groups in total. The molecule has 0 fully saturated rings. The summed E-state index contributed by atoms with van der Waals surface area (Å²) in [5, 5.41) is 21.0. The van der Waals surface area contributed by atoms with E-state index in [1.165, 1.54) is 18.7 Å². The number of rotatable bonds is 9. The second-order valence-electron chi connectivity index (χ2n) is 7.45. The zero-order valence-corrected chi connectivity index (χ0v) is 18.2. The zero-order chi connectivity index (χ0) is 22.4. The van der Waals surface area contributed by atoms with Crippen LogP contribution >= 0.6 is 0 Å². The smallest absolute Gasteiger partial charge is 0.335 e. The topological polar surface area (TPSA) is 142 Å². The fraction of sp³-hybridized carbons (Fsp3) is 0.700. The van der Waals surface area contributed by atoms with Crippen LogP contribution in [0.5, 0.6) is 0 Å². The van der Waals surface area contributed by atoms with E-state index in [0.29, 0.717) is 12.1 Å². The Morgan fingerprint density at radius 2 is 1.97 bits per heavy atom. The summed E-state index contributed by atoms with van der Waals surface area (Å²) in [6.45, 7) is 7.24. The lowest BCUT2D eigenvalue weighted by molar-refractivity contribution is -0.137. The summed E-state index contributed by atoms with van der Waals surface area (Å²) in [4.78, 5) is 24.5. The Labute approximate surface area is 176 Å². The zero-order valence-electron chi connectivity index (χ0n) is 18.2. The Morgan fingerprint density at radius 1 is 1.30 bits per heavy atom. The van der Waals surface area contributed by atoms with Crippen molar-refractivity contribution in [1.82, 2.24) is 20.3 Å². The number of aliphatic hydroxyl groups excluding tert-OH is 1. The molecule has 5 atom stereocenters. The Morgan fingerprint density at radius 3 is 2.50 bits per heavy atom. The van der Waals surface area contributed by atoms with Gasteiger partial charge in [0.2, 0.25) is 5.91 Å². The Bertz CT molecular complexity index is 761. The SMILES string of the molecule is CCC(CC)O[C@@H]1C=C(C(=O)OC)[C@H](n2cc(C(O)CC)nn2)[C@H](N)[C@H]1NC(C)=O. The van der Waals surface area contributed by atoms with Gasteiger partial charge in [-0.2, -0.15) is 0 Å². The van der Waals surface area contributed by atoms with Crippen LogP contribution in [0.1, 0.15) is 64.8 Å². The molecule has 10 nitrogen and oxygen atoms in total. The van der Waals surface area contributed by atoms with Gasteiger partial charge in [0, 0.05) is 6.92 Å². The van der Waals surface area contributed by atoms with Gasteiger partial charge in [-0.25, -0.2) is 9.48 Å². The molecule has 0 bridgehead atoms. The normalized spacial score (nSPS) is 25.0. The highest BCUT2D eigenvalue weighted by atomic mass is 16.5. The van der Waals surface area contributed by atoms with Crippen LogP contribution in [0.4, 0.5) is 0 Å². The summed E-state index contributed by atoms with van der Waals surface area (Å²) in [5.41, 5.74) is 7.20. The Kier molecular flexibility index (Phi) is 8.51. The highest BCUT2D eigenvalue weighted by Crippen LogP contribution is 2.32. The van der Waals surface area contributed by atoms with Gasteiger partial charge in [0.25, 0.3) is 0 Å². The van der Waals surface area contributed by atoms with Gasteiger partial charge in [-0.1, -0.05) is 26.0 Å². The van der Waals surface area contributed by atoms with Crippen LogP contribution in [0.25, 0.3) is 0 Å². The lowest BCUT2D eigenvalue weighted by Crippen LogP contribution is -2.60. The predicted octanol–water partition coefficient (Wildman–Crippen LogP) is 0.781. The van der Waals surface area contributed by atoms with Gasteiger partial charge in [0.15, 0.2) is 0 Å². The fourth-order valence-corrected chi connectivity index (χ4v) is 3.66. The van der Waals surface area contributed by atoms with Crippen molar-refractivity contribution in [2.75, 3.05) is 7.11 Å². The molecule has 0 aromatic carbocycles. The Balaban J connectivity index is 2.52. The van der Waals surface area contributed by atoms with E-state index in [1.54, 1.807) is 12.3 Å². The minimum absolute atomic E-state index is 0.0529. The van der Waals surface area contributed by atoms with Crippen molar-refractivity contribution in [1.29, 1.82) is 0 Å². The van der Waals surface area contributed by atoms with Crippen molar-refractivity contribution in [3.8, 4) is 0 Å². The second-order valence-corrected chi connectivity index (χ2v) is 7.45. The third-order valence-corrected chi connectivity index (χ3v) is 5.39.